The lowest BCUT2D eigenvalue weighted by Crippen LogP contribution is -2.48. The van der Waals surface area contributed by atoms with Crippen molar-refractivity contribution >= 4 is 23.8 Å². The van der Waals surface area contributed by atoms with Crippen molar-refractivity contribution in [3.8, 4) is 0 Å². The first-order valence-corrected chi connectivity index (χ1v) is 18.5. The number of aliphatic carboxylic acids is 1. The normalized spacial score (nSPS) is 20.8. The van der Waals surface area contributed by atoms with Gasteiger partial charge in [-0.25, -0.2) is 0 Å². The molecule has 9 nitrogen and oxygen atoms in total. The molecule has 1 aliphatic rings. The summed E-state index contributed by atoms with van der Waals surface area (Å²) in [5.41, 5.74) is 5.58. The second kappa shape index (κ2) is 19.3. The summed E-state index contributed by atoms with van der Waals surface area (Å²) in [6.45, 7) is 17.5. The molecular weight excluding hydrogens is 606 g/mol. The molecule has 2 rings (SSSR count). The van der Waals surface area contributed by atoms with Gasteiger partial charge in [0.15, 0.2) is 0 Å². The maximum atomic E-state index is 14.1. The number of nitrogens with one attached hydrogen (secondary N) is 1. The molecule has 7 atom stereocenters. The van der Waals surface area contributed by atoms with Gasteiger partial charge in [-0.3, -0.25) is 14.4 Å². The van der Waals surface area contributed by atoms with Crippen LogP contribution in [0.3, 0.4) is 0 Å². The summed E-state index contributed by atoms with van der Waals surface area (Å²) in [6.07, 6.45) is 6.28. The molecule has 9 heteroatoms. The lowest BCUT2D eigenvalue weighted by molar-refractivity contribution is -0.912. The topological polar surface area (TPSA) is 139 Å². The molecule has 1 fully saturated rings. The fourth-order valence-electron chi connectivity index (χ4n) is 8.48. The van der Waals surface area contributed by atoms with E-state index in [2.05, 4.69) is 40.1 Å². The third-order valence-corrected chi connectivity index (χ3v) is 10.5. The van der Waals surface area contributed by atoms with Crippen molar-refractivity contribution < 1.29 is 33.5 Å². The molecular formula is C39H65N3O6. The molecule has 3 N–H and O–H groups in total. The second-order valence-electron chi connectivity index (χ2n) is 15.6. The van der Waals surface area contributed by atoms with Crippen LogP contribution in [0.15, 0.2) is 30.3 Å². The standard InChI is InChI=1S/C39H65N3O6/c1-9-18-39(6,7)48-38(47)31(21-27(5)26-42(8,19-10-2)20-11-3)22-30-23-32(41-36(44)29-16-14-13-15-17-29)25-33(30)34(37(45)46)24-28(12-4)35(40)43/h13-17,27-28,30-34H,9-12,18-26H2,1-8H3,(H3-,40,41,43,44,45,46). The highest BCUT2D eigenvalue weighted by atomic mass is 16.6. The molecule has 0 radical (unpaired) electrons. The summed E-state index contributed by atoms with van der Waals surface area (Å²) in [5, 5.41) is 15.9. The van der Waals surface area contributed by atoms with Crippen LogP contribution in [-0.2, 0) is 19.1 Å². The van der Waals surface area contributed by atoms with Crippen molar-refractivity contribution in [2.24, 2.45) is 41.2 Å². The van der Waals surface area contributed by atoms with Crippen molar-refractivity contribution in [1.82, 2.24) is 5.32 Å². The van der Waals surface area contributed by atoms with Gasteiger partial charge in [-0.05, 0) is 95.6 Å². The minimum Gasteiger partial charge on any atom is -0.550 e. The maximum Gasteiger partial charge on any atom is 0.309 e. The Morgan fingerprint density at radius 2 is 1.60 bits per heavy atom. The minimum absolute atomic E-state index is 0.0770. The fourth-order valence-corrected chi connectivity index (χ4v) is 8.48. The Hall–Kier alpha value is -2.94. The Balaban J connectivity index is 2.47. The van der Waals surface area contributed by atoms with Crippen molar-refractivity contribution in [3.63, 3.8) is 0 Å². The van der Waals surface area contributed by atoms with Crippen LogP contribution in [0, 0.1) is 35.5 Å². The lowest BCUT2D eigenvalue weighted by Gasteiger charge is -2.38. The van der Waals surface area contributed by atoms with Crippen LogP contribution in [-0.4, -0.2) is 66.6 Å². The number of rotatable bonds is 22. The van der Waals surface area contributed by atoms with E-state index < -0.39 is 41.1 Å². The average molecular weight is 672 g/mol. The van der Waals surface area contributed by atoms with Gasteiger partial charge in [0.1, 0.15) is 5.60 Å². The summed E-state index contributed by atoms with van der Waals surface area (Å²) in [6, 6.07) is 8.66. The summed E-state index contributed by atoms with van der Waals surface area (Å²) >= 11 is 0. The maximum absolute atomic E-state index is 14.1. The number of carbonyl (C=O) groups excluding carboxylic acids is 4. The molecule has 7 unspecified atom stereocenters. The van der Waals surface area contributed by atoms with Gasteiger partial charge in [-0.15, -0.1) is 0 Å². The molecule has 0 heterocycles. The Labute approximate surface area is 290 Å². The number of quaternary nitrogens is 1. The van der Waals surface area contributed by atoms with Crippen LogP contribution in [0.1, 0.15) is 123 Å². The predicted molar refractivity (Wildman–Crippen MR) is 188 cm³/mol. The van der Waals surface area contributed by atoms with E-state index >= 15 is 0 Å². The van der Waals surface area contributed by atoms with Crippen LogP contribution in [0.2, 0.25) is 0 Å². The number of carboxylic acids is 1. The Morgan fingerprint density at radius 1 is 0.979 bits per heavy atom. The molecule has 0 aromatic heterocycles. The van der Waals surface area contributed by atoms with E-state index in [-0.39, 0.29) is 36.2 Å². The number of ether oxygens (including phenoxy) is 1. The SMILES string of the molecule is CCCC(C)(C)OC(=O)C(CC(C)C[N+](C)(CCC)CCC)CC1CC(NC(=O)c2ccccc2)CC1C(CC(CC)C(N)=O)C(=O)[O-]. The molecule has 1 saturated carbocycles. The number of carboxylic acid groups (broad SMARTS) is 1. The van der Waals surface area contributed by atoms with E-state index in [9.17, 15) is 24.3 Å². The number of nitrogens with zero attached hydrogens (tertiary/aromatic N) is 1. The third-order valence-electron chi connectivity index (χ3n) is 10.5. The van der Waals surface area contributed by atoms with E-state index in [0.29, 0.717) is 37.7 Å². The monoisotopic (exact) mass is 671 g/mol. The van der Waals surface area contributed by atoms with Gasteiger partial charge in [0.05, 0.1) is 32.6 Å². The quantitative estimate of drug-likeness (QED) is 0.123. The number of esters is 1. The zero-order valence-corrected chi connectivity index (χ0v) is 31.1. The van der Waals surface area contributed by atoms with Gasteiger partial charge < -0.3 is 30.2 Å². The van der Waals surface area contributed by atoms with Gasteiger partial charge in [-0.1, -0.05) is 59.2 Å². The molecule has 0 bridgehead atoms. The Morgan fingerprint density at radius 3 is 2.12 bits per heavy atom. The second-order valence-corrected chi connectivity index (χ2v) is 15.6. The predicted octanol–water partition coefficient (Wildman–Crippen LogP) is 5.50. The van der Waals surface area contributed by atoms with Gasteiger partial charge in [-0.2, -0.15) is 0 Å². The van der Waals surface area contributed by atoms with Crippen LogP contribution in [0.5, 0.6) is 0 Å². The van der Waals surface area contributed by atoms with Crippen LogP contribution < -0.4 is 16.2 Å². The first-order chi connectivity index (χ1) is 22.6. The minimum atomic E-state index is -1.22. The summed E-state index contributed by atoms with van der Waals surface area (Å²) in [7, 11) is 2.29. The number of benzene rings is 1. The van der Waals surface area contributed by atoms with Crippen molar-refractivity contribution in [3.05, 3.63) is 35.9 Å². The smallest absolute Gasteiger partial charge is 0.309 e. The van der Waals surface area contributed by atoms with Crippen molar-refractivity contribution in [2.75, 3.05) is 26.7 Å². The van der Waals surface area contributed by atoms with Crippen LogP contribution >= 0.6 is 0 Å². The number of hydrogen-bond acceptors (Lipinski definition) is 6. The van der Waals surface area contributed by atoms with Gasteiger partial charge in [0.25, 0.3) is 5.91 Å². The van der Waals surface area contributed by atoms with E-state index in [1.807, 2.05) is 26.8 Å². The zero-order chi connectivity index (χ0) is 36.1. The third kappa shape index (κ3) is 12.8. The molecule has 0 saturated heterocycles. The zero-order valence-electron chi connectivity index (χ0n) is 31.1. The molecule has 272 valence electrons. The molecule has 0 aliphatic heterocycles. The van der Waals surface area contributed by atoms with Crippen LogP contribution in [0.4, 0.5) is 0 Å². The molecule has 2 amide bonds. The molecule has 0 spiro atoms. The number of carbonyl (C=O) groups is 4. The highest BCUT2D eigenvalue weighted by molar-refractivity contribution is 5.94. The number of amides is 2. The summed E-state index contributed by atoms with van der Waals surface area (Å²) in [5.74, 6) is -4.57. The van der Waals surface area contributed by atoms with E-state index in [1.165, 1.54) is 0 Å². The molecule has 1 aromatic carbocycles. The number of primary amides is 1. The lowest BCUT2D eigenvalue weighted by atomic mass is 9.74. The van der Waals surface area contributed by atoms with E-state index in [0.717, 1.165) is 49.8 Å². The Bertz CT molecular complexity index is 1170. The molecule has 48 heavy (non-hydrogen) atoms. The molecule has 1 aromatic rings. The van der Waals surface area contributed by atoms with Crippen LogP contribution in [0.25, 0.3) is 0 Å². The van der Waals surface area contributed by atoms with Crippen molar-refractivity contribution in [2.45, 2.75) is 124 Å². The first-order valence-electron chi connectivity index (χ1n) is 18.5. The Kier molecular flexibility index (Phi) is 16.6. The largest absolute Gasteiger partial charge is 0.550 e. The average Bonchev–Trinajstić information content (AvgIpc) is 3.38. The van der Waals surface area contributed by atoms with Gasteiger partial charge in [0.2, 0.25) is 5.91 Å². The van der Waals surface area contributed by atoms with E-state index in [1.54, 1.807) is 24.3 Å². The summed E-state index contributed by atoms with van der Waals surface area (Å²) in [4.78, 5) is 52.2. The summed E-state index contributed by atoms with van der Waals surface area (Å²) < 4.78 is 7.12. The highest BCUT2D eigenvalue weighted by Crippen LogP contribution is 2.44. The van der Waals surface area contributed by atoms with Crippen molar-refractivity contribution in [1.29, 1.82) is 0 Å². The van der Waals surface area contributed by atoms with Gasteiger partial charge >= 0.3 is 5.97 Å². The fraction of sp³-hybridized carbons (Fsp3) is 0.744. The van der Waals surface area contributed by atoms with Gasteiger partial charge in [0, 0.05) is 35.3 Å². The number of hydrogen-bond donors (Lipinski definition) is 2. The highest BCUT2D eigenvalue weighted by Gasteiger charge is 2.44. The first kappa shape index (κ1) is 41.2. The number of nitrogens with two attached hydrogens (primary N) is 1. The van der Waals surface area contributed by atoms with E-state index in [4.69, 9.17) is 10.5 Å². The molecule has 1 aliphatic carbocycles.